The van der Waals surface area contributed by atoms with Gasteiger partial charge in [0.1, 0.15) is 5.69 Å². The molecule has 3 aromatic carbocycles. The maximum absolute atomic E-state index is 13.1. The zero-order chi connectivity index (χ0) is 24.3. The van der Waals surface area contributed by atoms with E-state index in [0.29, 0.717) is 17.9 Å². The molecule has 8 nitrogen and oxygen atoms in total. The monoisotopic (exact) mass is 476 g/mol. The van der Waals surface area contributed by atoms with Gasteiger partial charge in [0.2, 0.25) is 0 Å². The van der Waals surface area contributed by atoms with Crippen LogP contribution in [-0.4, -0.2) is 23.7 Å². The minimum atomic E-state index is -4.12. The number of sulfonamides is 1. The van der Waals surface area contributed by atoms with Gasteiger partial charge in [0.15, 0.2) is 0 Å². The topological polar surface area (TPSA) is 102 Å². The van der Waals surface area contributed by atoms with E-state index in [2.05, 4.69) is 10.0 Å². The van der Waals surface area contributed by atoms with Gasteiger partial charge in [-0.15, -0.1) is 0 Å². The van der Waals surface area contributed by atoms with Gasteiger partial charge in [0.25, 0.3) is 21.5 Å². The second-order valence-corrected chi connectivity index (χ2v) is 9.42. The Balaban J connectivity index is 1.59. The van der Waals surface area contributed by atoms with Crippen LogP contribution in [0.5, 0.6) is 0 Å². The van der Waals surface area contributed by atoms with Crippen molar-refractivity contribution in [3.05, 3.63) is 112 Å². The molecular weight excluding hydrogens is 452 g/mol. The van der Waals surface area contributed by atoms with Crippen LogP contribution in [-0.2, 0) is 23.6 Å². The Morgan fingerprint density at radius 2 is 1.56 bits per heavy atom. The van der Waals surface area contributed by atoms with E-state index in [1.54, 1.807) is 42.9 Å². The maximum atomic E-state index is 13.1. The van der Waals surface area contributed by atoms with Crippen LogP contribution in [0.2, 0.25) is 0 Å². The van der Waals surface area contributed by atoms with Gasteiger partial charge in [-0.05, 0) is 42.8 Å². The largest absolute Gasteiger partial charge is 0.348 e. The molecule has 0 unspecified atom stereocenters. The Bertz CT molecular complexity index is 1490. The van der Waals surface area contributed by atoms with Crippen molar-refractivity contribution in [3.63, 3.8) is 0 Å². The number of aromatic nitrogens is 2. The van der Waals surface area contributed by atoms with Gasteiger partial charge >= 0.3 is 0 Å². The Morgan fingerprint density at radius 3 is 2.24 bits per heavy atom. The molecule has 34 heavy (non-hydrogen) atoms. The third kappa shape index (κ3) is 4.65. The number of carbonyl (C=O) groups is 1. The molecule has 174 valence electrons. The Labute approximate surface area is 197 Å². The summed E-state index contributed by atoms with van der Waals surface area (Å²) in [5, 5.41) is 2.78. The third-order valence-electron chi connectivity index (χ3n) is 5.49. The normalized spacial score (nSPS) is 11.2. The first-order valence-corrected chi connectivity index (χ1v) is 12.1. The Kier molecular flexibility index (Phi) is 6.38. The third-order valence-corrected chi connectivity index (χ3v) is 6.84. The highest BCUT2D eigenvalue weighted by molar-refractivity contribution is 7.92. The molecule has 0 radical (unpaired) electrons. The van der Waals surface area contributed by atoms with Crippen molar-refractivity contribution in [2.45, 2.75) is 18.4 Å². The van der Waals surface area contributed by atoms with Crippen LogP contribution < -0.4 is 15.6 Å². The van der Waals surface area contributed by atoms with Gasteiger partial charge in [0, 0.05) is 19.2 Å². The van der Waals surface area contributed by atoms with Crippen molar-refractivity contribution >= 4 is 21.6 Å². The summed E-state index contributed by atoms with van der Waals surface area (Å²) in [6.45, 7) is 1.98. The molecule has 1 heterocycles. The lowest BCUT2D eigenvalue weighted by Crippen LogP contribution is -2.24. The van der Waals surface area contributed by atoms with Crippen LogP contribution in [0.15, 0.2) is 94.6 Å². The minimum Gasteiger partial charge on any atom is -0.348 e. The number of rotatable bonds is 7. The van der Waals surface area contributed by atoms with E-state index in [4.69, 9.17) is 0 Å². The van der Waals surface area contributed by atoms with E-state index in [1.165, 1.54) is 28.9 Å². The van der Waals surface area contributed by atoms with Gasteiger partial charge in [-0.3, -0.25) is 19.0 Å². The second kappa shape index (κ2) is 9.40. The number of amides is 1. The highest BCUT2D eigenvalue weighted by atomic mass is 32.2. The minimum absolute atomic E-state index is 0.0507. The number of nitrogens with zero attached hydrogens (tertiary/aromatic N) is 2. The molecule has 0 saturated heterocycles. The van der Waals surface area contributed by atoms with Crippen LogP contribution in [0.1, 0.15) is 21.6 Å². The molecule has 4 rings (SSSR count). The smallest absolute Gasteiger partial charge is 0.296 e. The summed E-state index contributed by atoms with van der Waals surface area (Å²) in [4.78, 5) is 25.5. The first-order chi connectivity index (χ1) is 16.3. The average Bonchev–Trinajstić information content (AvgIpc) is 3.06. The van der Waals surface area contributed by atoms with Crippen LogP contribution in [0, 0.1) is 6.92 Å². The van der Waals surface area contributed by atoms with Crippen LogP contribution >= 0.6 is 0 Å². The van der Waals surface area contributed by atoms with E-state index in [-0.39, 0.29) is 16.1 Å². The number of benzene rings is 3. The van der Waals surface area contributed by atoms with Crippen LogP contribution in [0.4, 0.5) is 5.69 Å². The predicted octanol–water partition coefficient (Wildman–Crippen LogP) is 3.22. The predicted molar refractivity (Wildman–Crippen MR) is 131 cm³/mol. The lowest BCUT2D eigenvalue weighted by Gasteiger charge is -2.09. The van der Waals surface area contributed by atoms with Crippen molar-refractivity contribution in [1.29, 1.82) is 0 Å². The van der Waals surface area contributed by atoms with Gasteiger partial charge in [-0.2, -0.15) is 0 Å². The molecular formula is C25H24N4O4S. The molecule has 9 heteroatoms. The molecule has 0 bridgehead atoms. The highest BCUT2D eigenvalue weighted by Gasteiger charge is 2.23. The Hall–Kier alpha value is -4.11. The zero-order valence-electron chi connectivity index (χ0n) is 18.7. The molecule has 4 aromatic rings. The second-order valence-electron chi connectivity index (χ2n) is 7.74. The molecule has 0 aliphatic carbocycles. The van der Waals surface area contributed by atoms with Crippen molar-refractivity contribution in [2.75, 3.05) is 4.72 Å². The van der Waals surface area contributed by atoms with Crippen LogP contribution in [0.3, 0.4) is 0 Å². The molecule has 0 atom stereocenters. The van der Waals surface area contributed by atoms with Crippen molar-refractivity contribution < 1.29 is 13.2 Å². The van der Waals surface area contributed by atoms with E-state index in [9.17, 15) is 18.0 Å². The Morgan fingerprint density at radius 1 is 0.912 bits per heavy atom. The average molecular weight is 477 g/mol. The fraction of sp³-hybridized carbons (Fsp3) is 0.120. The summed E-state index contributed by atoms with van der Waals surface area (Å²) in [6.07, 6.45) is 0. The number of nitrogens with one attached hydrogen (secondary N) is 2. The molecule has 0 aliphatic heterocycles. The molecule has 0 spiro atoms. The lowest BCUT2D eigenvalue weighted by atomic mass is 10.2. The fourth-order valence-corrected chi connectivity index (χ4v) is 4.73. The van der Waals surface area contributed by atoms with Crippen LogP contribution in [0.25, 0.3) is 5.69 Å². The summed E-state index contributed by atoms with van der Waals surface area (Å²) in [5.41, 5.74) is 1.65. The lowest BCUT2D eigenvalue weighted by molar-refractivity contribution is 0.0950. The summed E-state index contributed by atoms with van der Waals surface area (Å²) in [7, 11) is -2.44. The highest BCUT2D eigenvalue weighted by Crippen LogP contribution is 2.19. The van der Waals surface area contributed by atoms with Gasteiger partial charge in [-0.1, -0.05) is 54.6 Å². The number of hydrogen-bond acceptors (Lipinski definition) is 4. The summed E-state index contributed by atoms with van der Waals surface area (Å²) < 4.78 is 31.6. The number of anilines is 1. The summed E-state index contributed by atoms with van der Waals surface area (Å²) >= 11 is 0. The SMILES string of the molecule is Cc1c(NS(=O)(=O)c2cccc(C(=O)NCc3ccccc3)c2)c(=O)n(-c2ccccc2)n1C. The first-order valence-electron chi connectivity index (χ1n) is 10.6. The van der Waals surface area contributed by atoms with Crippen molar-refractivity contribution in [3.8, 4) is 5.69 Å². The molecule has 1 amide bonds. The summed E-state index contributed by atoms with van der Waals surface area (Å²) in [6, 6.07) is 24.0. The molecule has 0 aliphatic rings. The van der Waals surface area contributed by atoms with Gasteiger partial charge < -0.3 is 5.32 Å². The molecule has 1 aromatic heterocycles. The van der Waals surface area contributed by atoms with E-state index < -0.39 is 21.5 Å². The maximum Gasteiger partial charge on any atom is 0.296 e. The van der Waals surface area contributed by atoms with Crippen molar-refractivity contribution in [2.24, 2.45) is 7.05 Å². The molecule has 0 saturated carbocycles. The standard InChI is InChI=1S/C25H24N4O4S/c1-18-23(25(31)29(28(18)2)21-13-7-4-8-14-21)27-34(32,33)22-15-9-12-20(16-22)24(30)26-17-19-10-5-3-6-11-19/h3-16,27H,17H2,1-2H3,(H,26,30). The molecule has 2 N–H and O–H groups in total. The quantitative estimate of drug-likeness (QED) is 0.428. The van der Waals surface area contributed by atoms with Gasteiger partial charge in [-0.25, -0.2) is 13.1 Å². The first kappa shape index (κ1) is 23.1. The van der Waals surface area contributed by atoms with E-state index >= 15 is 0 Å². The summed E-state index contributed by atoms with van der Waals surface area (Å²) in [5.74, 6) is -0.400. The number of hydrogen-bond donors (Lipinski definition) is 2. The number of carbonyl (C=O) groups excluding carboxylic acids is 1. The molecule has 0 fully saturated rings. The van der Waals surface area contributed by atoms with Crippen molar-refractivity contribution in [1.82, 2.24) is 14.7 Å². The fourth-order valence-electron chi connectivity index (χ4n) is 3.56. The van der Waals surface area contributed by atoms with Gasteiger partial charge in [0.05, 0.1) is 16.3 Å². The van der Waals surface area contributed by atoms with E-state index in [0.717, 1.165) is 5.56 Å². The zero-order valence-corrected chi connectivity index (χ0v) is 19.5. The number of para-hydroxylation sites is 1. The van der Waals surface area contributed by atoms with E-state index in [1.807, 2.05) is 36.4 Å².